The van der Waals surface area contributed by atoms with Crippen LogP contribution in [-0.4, -0.2) is 26.7 Å². The van der Waals surface area contributed by atoms with Crippen molar-refractivity contribution < 1.29 is 0 Å². The van der Waals surface area contributed by atoms with Crippen LogP contribution in [0.1, 0.15) is 30.4 Å². The second-order valence-corrected chi connectivity index (χ2v) is 5.08. The summed E-state index contributed by atoms with van der Waals surface area (Å²) in [5.74, 6) is 1.55. The molecule has 2 aromatic rings. The quantitative estimate of drug-likeness (QED) is 0.905. The largest absolute Gasteiger partial charge is 0.315 e. The van der Waals surface area contributed by atoms with Crippen LogP contribution in [0.3, 0.4) is 0 Å². The lowest BCUT2D eigenvalue weighted by atomic mass is 10.1. The fourth-order valence-electron chi connectivity index (χ4n) is 2.11. The van der Waals surface area contributed by atoms with Gasteiger partial charge in [-0.1, -0.05) is 11.3 Å². The average Bonchev–Trinajstić information content (AvgIpc) is 3.00. The SMILES string of the molecule is Cc1nc(Nc2nncs2)cc(C2CCCN2)n1.Cl. The molecule has 0 spiro atoms. The van der Waals surface area contributed by atoms with Crippen molar-refractivity contribution in [1.29, 1.82) is 0 Å². The first-order valence-corrected chi connectivity index (χ1v) is 6.81. The lowest BCUT2D eigenvalue weighted by molar-refractivity contribution is 0.623. The van der Waals surface area contributed by atoms with E-state index < -0.39 is 0 Å². The third-order valence-electron chi connectivity index (χ3n) is 2.87. The van der Waals surface area contributed by atoms with Crippen LogP contribution in [0.15, 0.2) is 11.6 Å². The van der Waals surface area contributed by atoms with Gasteiger partial charge >= 0.3 is 0 Å². The molecule has 0 amide bonds. The van der Waals surface area contributed by atoms with E-state index >= 15 is 0 Å². The summed E-state index contributed by atoms with van der Waals surface area (Å²) in [6.45, 7) is 2.97. The van der Waals surface area contributed by atoms with Crippen LogP contribution in [0.4, 0.5) is 10.9 Å². The monoisotopic (exact) mass is 298 g/mol. The van der Waals surface area contributed by atoms with E-state index in [1.165, 1.54) is 17.8 Å². The van der Waals surface area contributed by atoms with Gasteiger partial charge in [0, 0.05) is 12.1 Å². The van der Waals surface area contributed by atoms with Gasteiger partial charge in [-0.15, -0.1) is 22.6 Å². The predicted molar refractivity (Wildman–Crippen MR) is 77.2 cm³/mol. The summed E-state index contributed by atoms with van der Waals surface area (Å²) in [5, 5.41) is 15.1. The van der Waals surface area contributed by atoms with Crippen molar-refractivity contribution in [1.82, 2.24) is 25.5 Å². The average molecular weight is 299 g/mol. The fourth-order valence-corrected chi connectivity index (χ4v) is 2.56. The molecule has 2 aromatic heterocycles. The normalized spacial score (nSPS) is 18.1. The van der Waals surface area contributed by atoms with E-state index in [-0.39, 0.29) is 12.4 Å². The third kappa shape index (κ3) is 3.37. The van der Waals surface area contributed by atoms with Gasteiger partial charge in [-0.3, -0.25) is 0 Å². The summed E-state index contributed by atoms with van der Waals surface area (Å²) in [6, 6.07) is 2.33. The lowest BCUT2D eigenvalue weighted by Crippen LogP contribution is -2.15. The van der Waals surface area contributed by atoms with Gasteiger partial charge in [0.15, 0.2) is 0 Å². The summed E-state index contributed by atoms with van der Waals surface area (Å²) >= 11 is 1.45. The molecule has 8 heteroatoms. The van der Waals surface area contributed by atoms with E-state index in [0.29, 0.717) is 6.04 Å². The van der Waals surface area contributed by atoms with E-state index in [1.807, 2.05) is 13.0 Å². The van der Waals surface area contributed by atoms with Crippen LogP contribution in [0.5, 0.6) is 0 Å². The van der Waals surface area contributed by atoms with Crippen LogP contribution < -0.4 is 10.6 Å². The Morgan fingerprint density at radius 3 is 3.00 bits per heavy atom. The van der Waals surface area contributed by atoms with Crippen LogP contribution in [0.2, 0.25) is 0 Å². The van der Waals surface area contributed by atoms with Crippen molar-refractivity contribution in [2.75, 3.05) is 11.9 Å². The molecule has 1 aliphatic heterocycles. The molecular formula is C11H15ClN6S. The van der Waals surface area contributed by atoms with Crippen molar-refractivity contribution in [2.45, 2.75) is 25.8 Å². The molecule has 1 unspecified atom stereocenters. The van der Waals surface area contributed by atoms with Crippen molar-refractivity contribution in [3.63, 3.8) is 0 Å². The van der Waals surface area contributed by atoms with Gasteiger partial charge in [0.1, 0.15) is 17.2 Å². The smallest absolute Gasteiger partial charge is 0.210 e. The van der Waals surface area contributed by atoms with E-state index in [1.54, 1.807) is 5.51 Å². The van der Waals surface area contributed by atoms with Crippen LogP contribution >= 0.6 is 23.7 Å². The summed E-state index contributed by atoms with van der Waals surface area (Å²) in [6.07, 6.45) is 2.33. The summed E-state index contributed by atoms with van der Waals surface area (Å²) in [4.78, 5) is 8.87. The molecule has 3 rings (SSSR count). The van der Waals surface area contributed by atoms with Gasteiger partial charge in [0.25, 0.3) is 0 Å². The Bertz CT molecular complexity index is 526. The molecular weight excluding hydrogens is 284 g/mol. The Morgan fingerprint density at radius 1 is 1.42 bits per heavy atom. The first kappa shape index (κ1) is 14.1. The zero-order chi connectivity index (χ0) is 12.4. The molecule has 1 fully saturated rings. The number of aromatic nitrogens is 4. The van der Waals surface area contributed by atoms with Crippen LogP contribution in [0.25, 0.3) is 0 Å². The summed E-state index contributed by atoms with van der Waals surface area (Å²) in [7, 11) is 0. The molecule has 0 radical (unpaired) electrons. The number of anilines is 2. The number of rotatable bonds is 3. The molecule has 102 valence electrons. The number of hydrogen-bond acceptors (Lipinski definition) is 7. The lowest BCUT2D eigenvalue weighted by Gasteiger charge is -2.11. The minimum atomic E-state index is 0. The minimum Gasteiger partial charge on any atom is -0.315 e. The van der Waals surface area contributed by atoms with Gasteiger partial charge in [-0.05, 0) is 26.3 Å². The maximum Gasteiger partial charge on any atom is 0.210 e. The standard InChI is InChI=1S/C11H14N6S.ClH/c1-7-14-9(8-3-2-4-12-8)5-10(15-7)16-11-17-13-6-18-11;/h5-6,8,12H,2-4H2,1H3,(H,14,15,16,17);1H. The van der Waals surface area contributed by atoms with E-state index in [4.69, 9.17) is 0 Å². The van der Waals surface area contributed by atoms with E-state index in [2.05, 4.69) is 30.8 Å². The maximum absolute atomic E-state index is 4.50. The maximum atomic E-state index is 4.50. The molecule has 0 bridgehead atoms. The Balaban J connectivity index is 0.00000133. The van der Waals surface area contributed by atoms with Crippen LogP contribution in [-0.2, 0) is 0 Å². The zero-order valence-corrected chi connectivity index (χ0v) is 12.1. The van der Waals surface area contributed by atoms with E-state index in [9.17, 15) is 0 Å². The molecule has 0 aliphatic carbocycles. The number of nitrogens with one attached hydrogen (secondary N) is 2. The molecule has 6 nitrogen and oxygen atoms in total. The Labute approximate surface area is 121 Å². The number of aryl methyl sites for hydroxylation is 1. The first-order valence-electron chi connectivity index (χ1n) is 5.93. The van der Waals surface area contributed by atoms with Gasteiger partial charge in [0.2, 0.25) is 5.13 Å². The van der Waals surface area contributed by atoms with Gasteiger partial charge in [-0.25, -0.2) is 9.97 Å². The van der Waals surface area contributed by atoms with Crippen LogP contribution in [0, 0.1) is 6.92 Å². The van der Waals surface area contributed by atoms with Crippen molar-refractivity contribution in [3.05, 3.63) is 23.1 Å². The molecule has 0 aromatic carbocycles. The second kappa shape index (κ2) is 6.23. The molecule has 2 N–H and O–H groups in total. The fraction of sp³-hybridized carbons (Fsp3) is 0.455. The molecule has 19 heavy (non-hydrogen) atoms. The first-order chi connectivity index (χ1) is 8.81. The predicted octanol–water partition coefficient (Wildman–Crippen LogP) is 2.23. The highest BCUT2D eigenvalue weighted by Crippen LogP contribution is 2.24. The van der Waals surface area contributed by atoms with Crippen molar-refractivity contribution in [3.8, 4) is 0 Å². The Morgan fingerprint density at radius 2 is 2.32 bits per heavy atom. The molecule has 1 saturated heterocycles. The molecule has 1 aliphatic rings. The third-order valence-corrected chi connectivity index (χ3v) is 3.48. The topological polar surface area (TPSA) is 75.6 Å². The second-order valence-electron chi connectivity index (χ2n) is 4.24. The number of nitrogens with zero attached hydrogens (tertiary/aromatic N) is 4. The van der Waals surface area contributed by atoms with Gasteiger partial charge in [-0.2, -0.15) is 0 Å². The zero-order valence-electron chi connectivity index (χ0n) is 10.5. The highest BCUT2D eigenvalue weighted by Gasteiger charge is 2.18. The molecule has 1 atom stereocenters. The highest BCUT2D eigenvalue weighted by atomic mass is 35.5. The molecule has 3 heterocycles. The highest BCUT2D eigenvalue weighted by molar-refractivity contribution is 7.13. The van der Waals surface area contributed by atoms with Gasteiger partial charge < -0.3 is 10.6 Å². The molecule has 0 saturated carbocycles. The Kier molecular flexibility index (Phi) is 4.62. The summed E-state index contributed by atoms with van der Waals surface area (Å²) < 4.78 is 0. The van der Waals surface area contributed by atoms with Gasteiger partial charge in [0.05, 0.1) is 5.69 Å². The number of hydrogen-bond donors (Lipinski definition) is 2. The minimum absolute atomic E-state index is 0. The number of halogens is 1. The van der Waals surface area contributed by atoms with E-state index in [0.717, 1.165) is 35.4 Å². The van der Waals surface area contributed by atoms with Crippen molar-refractivity contribution >= 4 is 34.7 Å². The summed E-state index contributed by atoms with van der Waals surface area (Å²) in [5.41, 5.74) is 2.74. The Hall–Kier alpha value is -1.31. The van der Waals surface area contributed by atoms with Crippen molar-refractivity contribution in [2.24, 2.45) is 0 Å².